The zero-order chi connectivity index (χ0) is 20.7. The van der Waals surface area contributed by atoms with Crippen molar-refractivity contribution >= 4 is 21.6 Å². The number of sulfonamides is 1. The number of hydrogen-bond donors (Lipinski definition) is 1. The van der Waals surface area contributed by atoms with E-state index in [0.29, 0.717) is 45.0 Å². The van der Waals surface area contributed by atoms with Gasteiger partial charge in [-0.15, -0.1) is 0 Å². The topological polar surface area (TPSA) is 79.0 Å². The van der Waals surface area contributed by atoms with E-state index >= 15 is 0 Å². The van der Waals surface area contributed by atoms with Gasteiger partial charge in [0.15, 0.2) is 0 Å². The third-order valence-corrected chi connectivity index (χ3v) is 7.27. The van der Waals surface area contributed by atoms with Gasteiger partial charge in [-0.2, -0.15) is 4.31 Å². The van der Waals surface area contributed by atoms with Gasteiger partial charge in [-0.25, -0.2) is 8.42 Å². The van der Waals surface area contributed by atoms with E-state index in [2.05, 4.69) is 10.2 Å². The Hall–Kier alpha value is -1.64. The molecule has 0 spiro atoms. The van der Waals surface area contributed by atoms with Crippen molar-refractivity contribution in [3.05, 3.63) is 23.8 Å². The van der Waals surface area contributed by atoms with Crippen molar-refractivity contribution < 1.29 is 17.9 Å². The highest BCUT2D eigenvalue weighted by Gasteiger charge is 2.26. The van der Waals surface area contributed by atoms with Crippen molar-refractivity contribution in [2.75, 3.05) is 44.3 Å². The first-order chi connectivity index (χ1) is 13.4. The van der Waals surface area contributed by atoms with Crippen molar-refractivity contribution in [2.24, 2.45) is 0 Å². The summed E-state index contributed by atoms with van der Waals surface area (Å²) in [5.74, 6) is -0.230. The number of carbonyl (C=O) groups excluding carboxylic acids is 1. The van der Waals surface area contributed by atoms with Crippen molar-refractivity contribution in [3.63, 3.8) is 0 Å². The van der Waals surface area contributed by atoms with E-state index in [-0.39, 0.29) is 16.8 Å². The number of amides is 1. The van der Waals surface area contributed by atoms with Crippen LogP contribution < -0.4 is 10.2 Å². The molecule has 7 nitrogen and oxygen atoms in total. The Kier molecular flexibility index (Phi) is 8.27. The quantitative estimate of drug-likeness (QED) is 0.675. The van der Waals surface area contributed by atoms with Gasteiger partial charge in [-0.05, 0) is 31.0 Å². The molecule has 28 heavy (non-hydrogen) atoms. The highest BCUT2D eigenvalue weighted by molar-refractivity contribution is 7.89. The second kappa shape index (κ2) is 10.2. The normalized spacial score (nSPS) is 15.3. The van der Waals surface area contributed by atoms with Crippen LogP contribution in [0.25, 0.3) is 0 Å². The Balaban J connectivity index is 2.48. The first-order valence-corrected chi connectivity index (χ1v) is 11.6. The fourth-order valence-electron chi connectivity index (χ4n) is 3.41. The number of benzene rings is 1. The summed E-state index contributed by atoms with van der Waals surface area (Å²) in [6, 6.07) is 4.94. The van der Waals surface area contributed by atoms with Crippen molar-refractivity contribution in [2.45, 2.75) is 51.5 Å². The van der Waals surface area contributed by atoms with E-state index in [0.717, 1.165) is 18.5 Å². The summed E-state index contributed by atoms with van der Waals surface area (Å²) in [4.78, 5) is 15.3. The van der Waals surface area contributed by atoms with Crippen LogP contribution in [0.15, 0.2) is 23.1 Å². The molecule has 8 heteroatoms. The lowest BCUT2D eigenvalue weighted by Gasteiger charge is -2.31. The van der Waals surface area contributed by atoms with Crippen LogP contribution >= 0.6 is 0 Å². The summed E-state index contributed by atoms with van der Waals surface area (Å²) in [6.45, 7) is 11.0. The Morgan fingerprint density at radius 1 is 1.14 bits per heavy atom. The first kappa shape index (κ1) is 22.6. The molecule has 0 saturated carbocycles. The van der Waals surface area contributed by atoms with E-state index in [1.54, 1.807) is 12.1 Å². The van der Waals surface area contributed by atoms with E-state index in [9.17, 15) is 13.2 Å². The van der Waals surface area contributed by atoms with Crippen molar-refractivity contribution in [1.29, 1.82) is 0 Å². The summed E-state index contributed by atoms with van der Waals surface area (Å²) in [6.07, 6.45) is 1.65. The number of anilines is 1. The van der Waals surface area contributed by atoms with Gasteiger partial charge in [0.2, 0.25) is 10.0 Å². The van der Waals surface area contributed by atoms with Crippen LogP contribution in [0, 0.1) is 0 Å². The number of rotatable bonds is 9. The third kappa shape index (κ3) is 5.04. The minimum absolute atomic E-state index is 0.0630. The molecule has 1 fully saturated rings. The monoisotopic (exact) mass is 411 g/mol. The number of hydrogen-bond acceptors (Lipinski definition) is 5. The Bertz CT molecular complexity index is 753. The predicted molar refractivity (Wildman–Crippen MR) is 111 cm³/mol. The average molecular weight is 412 g/mol. The molecule has 1 N–H and O–H groups in total. The van der Waals surface area contributed by atoms with Crippen LogP contribution in [-0.2, 0) is 14.8 Å². The minimum atomic E-state index is -3.63. The summed E-state index contributed by atoms with van der Waals surface area (Å²) >= 11 is 0. The molecule has 1 heterocycles. The van der Waals surface area contributed by atoms with Crippen LogP contribution in [0.4, 0.5) is 5.69 Å². The van der Waals surface area contributed by atoms with Gasteiger partial charge >= 0.3 is 0 Å². The lowest BCUT2D eigenvalue weighted by Crippen LogP contribution is -2.39. The van der Waals surface area contributed by atoms with Gasteiger partial charge in [-0.1, -0.05) is 27.7 Å². The highest BCUT2D eigenvalue weighted by Crippen LogP contribution is 2.27. The molecule has 1 amide bonds. The Morgan fingerprint density at radius 2 is 1.75 bits per heavy atom. The molecule has 0 atom stereocenters. The summed E-state index contributed by atoms with van der Waals surface area (Å²) in [5.41, 5.74) is 1.16. The van der Waals surface area contributed by atoms with Gasteiger partial charge < -0.3 is 15.0 Å². The molecular weight excluding hydrogens is 378 g/mol. The minimum Gasteiger partial charge on any atom is -0.378 e. The molecule has 0 aliphatic carbocycles. The molecule has 0 bridgehead atoms. The smallest absolute Gasteiger partial charge is 0.253 e. The standard InChI is InChI=1S/C20H33N3O4S/c1-5-16(6-2)21-20(24)18-15-17(28(25,26)23(7-3)8-4)9-10-19(18)22-11-13-27-14-12-22/h9-10,15-16H,5-8,11-14H2,1-4H3,(H,21,24). The molecule has 1 aliphatic heterocycles. The molecule has 1 saturated heterocycles. The maximum Gasteiger partial charge on any atom is 0.253 e. The number of morpholine rings is 1. The lowest BCUT2D eigenvalue weighted by molar-refractivity contribution is 0.0933. The van der Waals surface area contributed by atoms with E-state index in [4.69, 9.17) is 4.74 Å². The van der Waals surface area contributed by atoms with Gasteiger partial charge in [-0.3, -0.25) is 4.79 Å². The van der Waals surface area contributed by atoms with Crippen LogP contribution in [0.1, 0.15) is 50.9 Å². The molecule has 0 aromatic heterocycles. The second-order valence-corrected chi connectivity index (χ2v) is 8.79. The van der Waals surface area contributed by atoms with Gasteiger partial charge in [0.25, 0.3) is 5.91 Å². The highest BCUT2D eigenvalue weighted by atomic mass is 32.2. The zero-order valence-corrected chi connectivity index (χ0v) is 18.2. The van der Waals surface area contributed by atoms with E-state index < -0.39 is 10.0 Å². The van der Waals surface area contributed by atoms with Crippen molar-refractivity contribution in [3.8, 4) is 0 Å². The number of carbonyl (C=O) groups is 1. The zero-order valence-electron chi connectivity index (χ0n) is 17.4. The largest absolute Gasteiger partial charge is 0.378 e. The average Bonchev–Trinajstić information content (AvgIpc) is 2.72. The second-order valence-electron chi connectivity index (χ2n) is 6.85. The summed E-state index contributed by atoms with van der Waals surface area (Å²) in [7, 11) is -3.63. The van der Waals surface area contributed by atoms with Gasteiger partial charge in [0.1, 0.15) is 0 Å². The van der Waals surface area contributed by atoms with Crippen LogP contribution in [0.3, 0.4) is 0 Å². The third-order valence-electron chi connectivity index (χ3n) is 5.23. The van der Waals surface area contributed by atoms with Crippen LogP contribution in [-0.4, -0.2) is 64.1 Å². The summed E-state index contributed by atoms with van der Waals surface area (Å²) in [5, 5.41) is 3.04. The number of ether oxygens (including phenoxy) is 1. The predicted octanol–water partition coefficient (Wildman–Crippen LogP) is 2.47. The van der Waals surface area contributed by atoms with Crippen LogP contribution in [0.5, 0.6) is 0 Å². The molecular formula is C20H33N3O4S. The SMILES string of the molecule is CCC(CC)NC(=O)c1cc(S(=O)(=O)N(CC)CC)ccc1N1CCOCC1. The molecule has 0 unspecified atom stereocenters. The molecule has 1 aromatic rings. The number of nitrogens with zero attached hydrogens (tertiary/aromatic N) is 2. The number of nitrogens with one attached hydrogen (secondary N) is 1. The maximum atomic E-state index is 13.0. The van der Waals surface area contributed by atoms with Gasteiger partial charge in [0, 0.05) is 37.9 Å². The van der Waals surface area contributed by atoms with Gasteiger partial charge in [0.05, 0.1) is 23.7 Å². The molecule has 1 aliphatic rings. The molecule has 0 radical (unpaired) electrons. The molecule has 2 rings (SSSR count). The lowest BCUT2D eigenvalue weighted by atomic mass is 10.1. The fourth-order valence-corrected chi connectivity index (χ4v) is 4.89. The van der Waals surface area contributed by atoms with Crippen LogP contribution in [0.2, 0.25) is 0 Å². The molecule has 158 valence electrons. The Morgan fingerprint density at radius 3 is 2.29 bits per heavy atom. The summed E-state index contributed by atoms with van der Waals surface area (Å²) < 4.78 is 32.7. The fraction of sp³-hybridized carbons (Fsp3) is 0.650. The molecule has 1 aromatic carbocycles. The first-order valence-electron chi connectivity index (χ1n) is 10.2. The van der Waals surface area contributed by atoms with E-state index in [1.165, 1.54) is 10.4 Å². The Labute approximate surface area is 169 Å². The van der Waals surface area contributed by atoms with Crippen molar-refractivity contribution in [1.82, 2.24) is 9.62 Å². The maximum absolute atomic E-state index is 13.0. The van der Waals surface area contributed by atoms with E-state index in [1.807, 2.05) is 27.7 Å².